The van der Waals surface area contributed by atoms with Crippen LogP contribution in [0.4, 0.5) is 10.1 Å². The summed E-state index contributed by atoms with van der Waals surface area (Å²) in [6.45, 7) is 1.71. The highest BCUT2D eigenvalue weighted by Gasteiger charge is 2.27. The Bertz CT molecular complexity index is 1440. The molecule has 6 rings (SSSR count). The van der Waals surface area contributed by atoms with Crippen molar-refractivity contribution in [3.63, 3.8) is 0 Å². The fourth-order valence-corrected chi connectivity index (χ4v) is 5.00. The number of fused-ring (bicyclic) bond motifs is 2. The van der Waals surface area contributed by atoms with Gasteiger partial charge in [-0.05, 0) is 60.9 Å². The minimum Gasteiger partial charge on any atom is -0.482 e. The zero-order chi connectivity index (χ0) is 24.6. The molecule has 7 nitrogen and oxygen atoms in total. The summed E-state index contributed by atoms with van der Waals surface area (Å²) >= 11 is 0. The first-order valence-corrected chi connectivity index (χ1v) is 12.1. The van der Waals surface area contributed by atoms with E-state index in [-0.39, 0.29) is 30.2 Å². The highest BCUT2D eigenvalue weighted by atomic mass is 19.1. The van der Waals surface area contributed by atoms with Crippen LogP contribution in [-0.2, 0) is 11.3 Å². The molecule has 0 unspecified atom stereocenters. The number of hydrogen-bond acceptors (Lipinski definition) is 4. The molecule has 1 aromatic heterocycles. The Labute approximate surface area is 207 Å². The van der Waals surface area contributed by atoms with Crippen molar-refractivity contribution in [1.29, 1.82) is 0 Å². The minimum atomic E-state index is -0.287. The summed E-state index contributed by atoms with van der Waals surface area (Å²) in [5, 5.41) is 0. The van der Waals surface area contributed by atoms with Crippen LogP contribution in [0.1, 0.15) is 40.5 Å². The van der Waals surface area contributed by atoms with Crippen LogP contribution >= 0.6 is 0 Å². The lowest BCUT2D eigenvalue weighted by Crippen LogP contribution is -2.38. The molecular weight excluding hydrogens is 459 g/mol. The average Bonchev–Trinajstić information content (AvgIpc) is 3.34. The van der Waals surface area contributed by atoms with Crippen molar-refractivity contribution in [3.8, 4) is 5.75 Å². The van der Waals surface area contributed by atoms with Gasteiger partial charge in [-0.25, -0.2) is 9.37 Å². The smallest absolute Gasteiger partial charge is 0.265 e. The molecule has 3 aromatic carbocycles. The van der Waals surface area contributed by atoms with E-state index in [1.165, 1.54) is 12.1 Å². The topological polar surface area (TPSA) is 78.5 Å². The average molecular weight is 485 g/mol. The third-order valence-corrected chi connectivity index (χ3v) is 6.98. The van der Waals surface area contributed by atoms with Gasteiger partial charge in [0.2, 0.25) is 0 Å². The van der Waals surface area contributed by atoms with Crippen LogP contribution in [0.25, 0.3) is 11.0 Å². The van der Waals surface area contributed by atoms with Gasteiger partial charge in [0.15, 0.2) is 6.61 Å². The molecule has 0 bridgehead atoms. The molecule has 36 heavy (non-hydrogen) atoms. The Hall–Kier alpha value is -4.20. The Balaban J connectivity index is 1.09. The van der Waals surface area contributed by atoms with Gasteiger partial charge in [0.05, 0.1) is 23.3 Å². The van der Waals surface area contributed by atoms with Crippen molar-refractivity contribution in [2.75, 3.05) is 24.6 Å². The fourth-order valence-electron chi connectivity index (χ4n) is 5.00. The third kappa shape index (κ3) is 4.19. The van der Waals surface area contributed by atoms with Gasteiger partial charge in [0, 0.05) is 24.6 Å². The Morgan fingerprint density at radius 2 is 1.83 bits per heavy atom. The third-order valence-electron chi connectivity index (χ3n) is 6.98. The molecule has 2 aliphatic heterocycles. The van der Waals surface area contributed by atoms with Gasteiger partial charge in [0.25, 0.3) is 11.8 Å². The number of nitrogens with zero attached hydrogens (tertiary/aromatic N) is 3. The van der Waals surface area contributed by atoms with E-state index in [1.54, 1.807) is 11.0 Å². The van der Waals surface area contributed by atoms with Gasteiger partial charge in [-0.3, -0.25) is 9.59 Å². The van der Waals surface area contributed by atoms with Gasteiger partial charge in [-0.15, -0.1) is 0 Å². The Kier molecular flexibility index (Phi) is 5.64. The first kappa shape index (κ1) is 22.3. The SMILES string of the molecule is O=C(c1ccc(CN2C(=O)COc3ccccc32)cc1)N1CCC(c2nc3ccc(F)cc3[nH]2)CC1. The number of likely N-dealkylation sites (tertiary alicyclic amines) is 1. The van der Waals surface area contributed by atoms with E-state index in [0.29, 0.717) is 36.5 Å². The number of carbonyl (C=O) groups is 2. The maximum atomic E-state index is 13.5. The van der Waals surface area contributed by atoms with E-state index < -0.39 is 0 Å². The molecule has 0 spiro atoms. The second-order valence-electron chi connectivity index (χ2n) is 9.28. The number of nitrogens with one attached hydrogen (secondary N) is 1. The highest BCUT2D eigenvalue weighted by Crippen LogP contribution is 2.33. The number of piperidine rings is 1. The first-order valence-electron chi connectivity index (χ1n) is 12.1. The summed E-state index contributed by atoms with van der Waals surface area (Å²) in [6, 6.07) is 19.5. The lowest BCUT2D eigenvalue weighted by atomic mass is 9.95. The lowest BCUT2D eigenvalue weighted by molar-refractivity contribution is -0.121. The van der Waals surface area contributed by atoms with Crippen molar-refractivity contribution in [2.45, 2.75) is 25.3 Å². The number of anilines is 1. The van der Waals surface area contributed by atoms with Gasteiger partial charge >= 0.3 is 0 Å². The molecule has 2 amide bonds. The zero-order valence-electron chi connectivity index (χ0n) is 19.6. The van der Waals surface area contributed by atoms with Gasteiger partial charge in [-0.2, -0.15) is 0 Å². The lowest BCUT2D eigenvalue weighted by Gasteiger charge is -2.31. The van der Waals surface area contributed by atoms with Crippen molar-refractivity contribution >= 4 is 28.5 Å². The molecular formula is C28H25FN4O3. The Morgan fingerprint density at radius 1 is 1.06 bits per heavy atom. The second kappa shape index (κ2) is 9.11. The standard InChI is InChI=1S/C28H25FN4O3/c29-21-9-10-22-23(15-21)31-27(30-22)19-11-13-32(14-12-19)28(35)20-7-5-18(6-8-20)16-33-24-3-1-2-4-25(24)36-17-26(33)34/h1-10,15,19H,11-14,16-17H2,(H,30,31). The van der Waals surface area contributed by atoms with Crippen molar-refractivity contribution < 1.29 is 18.7 Å². The van der Waals surface area contributed by atoms with Gasteiger partial charge < -0.3 is 19.5 Å². The molecule has 0 radical (unpaired) electrons. The van der Waals surface area contributed by atoms with Crippen LogP contribution < -0.4 is 9.64 Å². The summed E-state index contributed by atoms with van der Waals surface area (Å²) in [4.78, 5) is 37.0. The molecule has 1 saturated heterocycles. The molecule has 1 N–H and O–H groups in total. The first-order chi connectivity index (χ1) is 17.5. The molecule has 3 heterocycles. The van der Waals surface area contributed by atoms with Crippen LogP contribution in [0, 0.1) is 5.82 Å². The van der Waals surface area contributed by atoms with Crippen molar-refractivity contribution in [2.24, 2.45) is 0 Å². The molecule has 0 aliphatic carbocycles. The van der Waals surface area contributed by atoms with Gasteiger partial charge in [-0.1, -0.05) is 24.3 Å². The maximum absolute atomic E-state index is 13.5. The number of amides is 2. The van der Waals surface area contributed by atoms with E-state index in [9.17, 15) is 14.0 Å². The van der Waals surface area contributed by atoms with Crippen LogP contribution in [-0.4, -0.2) is 46.4 Å². The number of halogens is 1. The van der Waals surface area contributed by atoms with Crippen molar-refractivity contribution in [3.05, 3.63) is 89.5 Å². The molecule has 4 aromatic rings. The number of imidazole rings is 1. The normalized spacial score (nSPS) is 16.2. The summed E-state index contributed by atoms with van der Waals surface area (Å²) < 4.78 is 19.0. The van der Waals surface area contributed by atoms with Crippen LogP contribution in [0.15, 0.2) is 66.7 Å². The molecule has 0 saturated carbocycles. The van der Waals surface area contributed by atoms with E-state index in [0.717, 1.165) is 35.4 Å². The van der Waals surface area contributed by atoms with Crippen LogP contribution in [0.2, 0.25) is 0 Å². The van der Waals surface area contributed by atoms with E-state index in [2.05, 4.69) is 9.97 Å². The monoisotopic (exact) mass is 484 g/mol. The predicted molar refractivity (Wildman–Crippen MR) is 133 cm³/mol. The summed E-state index contributed by atoms with van der Waals surface area (Å²) in [5.74, 6) is 1.38. The largest absolute Gasteiger partial charge is 0.482 e. The second-order valence-corrected chi connectivity index (χ2v) is 9.28. The molecule has 182 valence electrons. The van der Waals surface area contributed by atoms with E-state index >= 15 is 0 Å². The number of H-pyrrole nitrogens is 1. The number of benzene rings is 3. The Morgan fingerprint density at radius 3 is 2.64 bits per heavy atom. The quantitative estimate of drug-likeness (QED) is 0.458. The predicted octanol–water partition coefficient (Wildman–Crippen LogP) is 4.65. The van der Waals surface area contributed by atoms with Crippen LogP contribution in [0.5, 0.6) is 5.75 Å². The fraction of sp³-hybridized carbons (Fsp3) is 0.250. The van der Waals surface area contributed by atoms with E-state index in [1.807, 2.05) is 53.4 Å². The van der Waals surface area contributed by atoms with Crippen LogP contribution in [0.3, 0.4) is 0 Å². The summed E-state index contributed by atoms with van der Waals surface area (Å²) in [6.07, 6.45) is 1.59. The number of para-hydroxylation sites is 2. The van der Waals surface area contributed by atoms with Gasteiger partial charge in [0.1, 0.15) is 17.4 Å². The molecule has 0 atom stereocenters. The highest BCUT2D eigenvalue weighted by molar-refractivity contribution is 5.98. The minimum absolute atomic E-state index is 0.000489. The zero-order valence-corrected chi connectivity index (χ0v) is 19.6. The van der Waals surface area contributed by atoms with E-state index in [4.69, 9.17) is 4.74 Å². The molecule has 2 aliphatic rings. The number of aromatic nitrogens is 2. The summed E-state index contributed by atoms with van der Waals surface area (Å²) in [7, 11) is 0. The molecule has 1 fully saturated rings. The molecule has 8 heteroatoms. The summed E-state index contributed by atoms with van der Waals surface area (Å²) in [5.41, 5.74) is 3.78. The number of hydrogen-bond donors (Lipinski definition) is 1. The number of ether oxygens (including phenoxy) is 1. The number of aromatic amines is 1. The number of carbonyl (C=O) groups excluding carboxylic acids is 2. The van der Waals surface area contributed by atoms with Crippen molar-refractivity contribution in [1.82, 2.24) is 14.9 Å². The maximum Gasteiger partial charge on any atom is 0.265 e. The number of rotatable bonds is 4.